The van der Waals surface area contributed by atoms with E-state index in [1.807, 2.05) is 28.9 Å². The molecule has 0 bridgehead atoms. The van der Waals surface area contributed by atoms with Crippen LogP contribution in [0.15, 0.2) is 30.5 Å². The number of allylic oxidation sites excluding steroid dienone is 1. The number of hydrogen-bond acceptors (Lipinski definition) is 6. The van der Waals surface area contributed by atoms with Crippen LogP contribution in [0.2, 0.25) is 0 Å². The van der Waals surface area contributed by atoms with Crippen molar-refractivity contribution in [2.24, 2.45) is 0 Å². The van der Waals surface area contributed by atoms with Gasteiger partial charge in [-0.3, -0.25) is 9.48 Å². The summed E-state index contributed by atoms with van der Waals surface area (Å²) in [7, 11) is 0. The average molecular weight is 395 g/mol. The lowest BCUT2D eigenvalue weighted by Crippen LogP contribution is -2.31. The van der Waals surface area contributed by atoms with Crippen LogP contribution in [-0.4, -0.2) is 34.7 Å². The monoisotopic (exact) mass is 395 g/mol. The summed E-state index contributed by atoms with van der Waals surface area (Å²) < 4.78 is 13.5. The molecule has 0 aliphatic carbocycles. The first kappa shape index (κ1) is 19.2. The Balaban J connectivity index is 1.52. The van der Waals surface area contributed by atoms with E-state index in [-0.39, 0.29) is 12.1 Å². The zero-order chi connectivity index (χ0) is 20.2. The van der Waals surface area contributed by atoms with E-state index in [1.54, 1.807) is 6.20 Å². The van der Waals surface area contributed by atoms with Crippen molar-refractivity contribution in [1.82, 2.24) is 15.1 Å². The average Bonchev–Trinajstić information content (AvgIpc) is 3.03. The maximum atomic E-state index is 11.3. The Labute approximate surface area is 169 Å². The molecule has 29 heavy (non-hydrogen) atoms. The molecule has 2 aliphatic rings. The highest BCUT2D eigenvalue weighted by Gasteiger charge is 2.18. The second-order valence-corrected chi connectivity index (χ2v) is 7.24. The number of nitrogens with zero attached hydrogens (tertiary/aromatic N) is 2. The predicted octanol–water partition coefficient (Wildman–Crippen LogP) is 2.89. The van der Waals surface area contributed by atoms with Crippen LogP contribution in [0.3, 0.4) is 0 Å². The molecule has 1 saturated heterocycles. The fraction of sp³-hybridized carbons (Fsp3) is 0.381. The van der Waals surface area contributed by atoms with Gasteiger partial charge >= 0.3 is 0 Å². The SMILES string of the molecule is CC(=O)Nc1ccc2c(c1)OCc1cc(/C(C=N)=C/NC3CCCCO3)nn1C2. The molecule has 1 amide bonds. The maximum absolute atomic E-state index is 11.3. The number of hydrogen-bond donors (Lipinski definition) is 3. The molecule has 3 heterocycles. The zero-order valence-corrected chi connectivity index (χ0v) is 16.4. The second kappa shape index (κ2) is 8.48. The van der Waals surface area contributed by atoms with Gasteiger partial charge in [-0.1, -0.05) is 6.07 Å². The highest BCUT2D eigenvalue weighted by Crippen LogP contribution is 2.29. The molecule has 1 aromatic carbocycles. The number of benzene rings is 1. The highest BCUT2D eigenvalue weighted by atomic mass is 16.5. The van der Waals surface area contributed by atoms with Gasteiger partial charge in [0.1, 0.15) is 18.6 Å². The van der Waals surface area contributed by atoms with E-state index >= 15 is 0 Å². The molecule has 0 spiro atoms. The Morgan fingerprint density at radius 1 is 1.34 bits per heavy atom. The third kappa shape index (κ3) is 4.48. The van der Waals surface area contributed by atoms with E-state index in [0.29, 0.717) is 24.4 Å². The van der Waals surface area contributed by atoms with Crippen molar-refractivity contribution in [2.45, 2.75) is 45.6 Å². The third-order valence-corrected chi connectivity index (χ3v) is 5.00. The first-order valence-electron chi connectivity index (χ1n) is 9.81. The number of carbonyl (C=O) groups is 1. The molecule has 0 radical (unpaired) electrons. The number of amides is 1. The first-order chi connectivity index (χ1) is 14.1. The Morgan fingerprint density at radius 2 is 2.24 bits per heavy atom. The summed E-state index contributed by atoms with van der Waals surface area (Å²) >= 11 is 0. The largest absolute Gasteiger partial charge is 0.487 e. The van der Waals surface area contributed by atoms with Crippen LogP contribution in [0.1, 0.15) is 43.1 Å². The van der Waals surface area contributed by atoms with E-state index in [2.05, 4.69) is 15.7 Å². The Bertz CT molecular complexity index is 944. The number of aromatic nitrogens is 2. The number of nitrogens with one attached hydrogen (secondary N) is 3. The van der Waals surface area contributed by atoms with Crippen molar-refractivity contribution in [3.8, 4) is 5.75 Å². The highest BCUT2D eigenvalue weighted by molar-refractivity contribution is 6.07. The summed E-state index contributed by atoms with van der Waals surface area (Å²) in [6.07, 6.45) is 6.30. The van der Waals surface area contributed by atoms with Gasteiger partial charge in [0.05, 0.1) is 17.9 Å². The predicted molar refractivity (Wildman–Crippen MR) is 110 cm³/mol. The molecule has 2 aromatic rings. The standard InChI is InChI=1S/C21H25N5O3/c1-14(27)24-17-6-5-15-12-26-18(13-29-20(15)8-17)9-19(25-26)16(10-22)11-23-21-4-2-3-7-28-21/h5-6,8-11,21-23H,2-4,7,12-13H2,1H3,(H,24,27)/b16-11+,22-10?. The molecular weight excluding hydrogens is 370 g/mol. The van der Waals surface area contributed by atoms with Crippen molar-refractivity contribution < 1.29 is 14.3 Å². The van der Waals surface area contributed by atoms with E-state index in [1.165, 1.54) is 13.1 Å². The van der Waals surface area contributed by atoms with E-state index in [0.717, 1.165) is 48.6 Å². The van der Waals surface area contributed by atoms with Gasteiger partial charge in [-0.15, -0.1) is 0 Å². The van der Waals surface area contributed by atoms with Crippen LogP contribution in [0.4, 0.5) is 5.69 Å². The van der Waals surface area contributed by atoms with E-state index < -0.39 is 0 Å². The normalized spacial score (nSPS) is 18.7. The van der Waals surface area contributed by atoms with Crippen molar-refractivity contribution in [3.63, 3.8) is 0 Å². The second-order valence-electron chi connectivity index (χ2n) is 7.24. The van der Waals surface area contributed by atoms with Gasteiger partial charge < -0.3 is 25.5 Å². The van der Waals surface area contributed by atoms with Crippen LogP contribution >= 0.6 is 0 Å². The van der Waals surface area contributed by atoms with Crippen LogP contribution in [0.5, 0.6) is 5.75 Å². The number of fused-ring (bicyclic) bond motifs is 2. The number of anilines is 1. The zero-order valence-electron chi connectivity index (χ0n) is 16.4. The molecule has 3 N–H and O–H groups in total. The summed E-state index contributed by atoms with van der Waals surface area (Å²) in [5, 5.41) is 18.5. The van der Waals surface area contributed by atoms with Gasteiger partial charge in [-0.2, -0.15) is 5.10 Å². The molecule has 8 nitrogen and oxygen atoms in total. The minimum atomic E-state index is -0.116. The number of ether oxygens (including phenoxy) is 2. The van der Waals surface area contributed by atoms with Gasteiger partial charge in [0.2, 0.25) is 5.91 Å². The lowest BCUT2D eigenvalue weighted by Gasteiger charge is -2.22. The van der Waals surface area contributed by atoms with Crippen LogP contribution in [0.25, 0.3) is 5.57 Å². The van der Waals surface area contributed by atoms with Crippen molar-refractivity contribution in [3.05, 3.63) is 47.4 Å². The molecular formula is C21H25N5O3. The van der Waals surface area contributed by atoms with Gasteiger partial charge in [0, 0.05) is 48.8 Å². The van der Waals surface area contributed by atoms with Crippen LogP contribution < -0.4 is 15.4 Å². The van der Waals surface area contributed by atoms with Gasteiger partial charge in [0.15, 0.2) is 0 Å². The third-order valence-electron chi connectivity index (χ3n) is 5.00. The molecule has 152 valence electrons. The first-order valence-corrected chi connectivity index (χ1v) is 9.81. The van der Waals surface area contributed by atoms with E-state index in [9.17, 15) is 4.79 Å². The minimum absolute atomic E-state index is 0.00726. The van der Waals surface area contributed by atoms with E-state index in [4.69, 9.17) is 14.9 Å². The van der Waals surface area contributed by atoms with Crippen molar-refractivity contribution >= 4 is 23.4 Å². The molecule has 1 fully saturated rings. The minimum Gasteiger partial charge on any atom is -0.487 e. The number of carbonyl (C=O) groups excluding carboxylic acids is 1. The molecule has 0 saturated carbocycles. The van der Waals surface area contributed by atoms with Gasteiger partial charge in [-0.25, -0.2) is 0 Å². The summed E-state index contributed by atoms with van der Waals surface area (Å²) in [5.41, 5.74) is 4.04. The lowest BCUT2D eigenvalue weighted by atomic mass is 10.2. The molecule has 2 aliphatic heterocycles. The Kier molecular flexibility index (Phi) is 5.62. The van der Waals surface area contributed by atoms with Gasteiger partial charge in [0.25, 0.3) is 0 Å². The van der Waals surface area contributed by atoms with Crippen LogP contribution in [0, 0.1) is 5.41 Å². The summed E-state index contributed by atoms with van der Waals surface area (Å²) in [5.74, 6) is 0.622. The fourth-order valence-corrected chi connectivity index (χ4v) is 3.51. The Hall–Kier alpha value is -3.13. The Morgan fingerprint density at radius 3 is 3.00 bits per heavy atom. The fourth-order valence-electron chi connectivity index (χ4n) is 3.51. The van der Waals surface area contributed by atoms with Crippen molar-refractivity contribution in [1.29, 1.82) is 5.41 Å². The molecule has 8 heteroatoms. The number of rotatable bonds is 5. The molecule has 4 rings (SSSR count). The topological polar surface area (TPSA) is 101 Å². The summed E-state index contributed by atoms with van der Waals surface area (Å²) in [4.78, 5) is 11.3. The molecule has 1 atom stereocenters. The lowest BCUT2D eigenvalue weighted by molar-refractivity contribution is -0.114. The quantitative estimate of drug-likeness (QED) is 0.676. The summed E-state index contributed by atoms with van der Waals surface area (Å²) in [6.45, 7) is 3.18. The maximum Gasteiger partial charge on any atom is 0.221 e. The summed E-state index contributed by atoms with van der Waals surface area (Å²) in [6, 6.07) is 7.57. The van der Waals surface area contributed by atoms with Gasteiger partial charge in [-0.05, 0) is 31.4 Å². The van der Waals surface area contributed by atoms with Crippen molar-refractivity contribution in [2.75, 3.05) is 11.9 Å². The molecule has 1 aromatic heterocycles. The van der Waals surface area contributed by atoms with Crippen LogP contribution in [-0.2, 0) is 22.7 Å². The molecule has 1 unspecified atom stereocenters. The smallest absolute Gasteiger partial charge is 0.221 e.